The fourth-order valence-electron chi connectivity index (χ4n) is 1.85. The van der Waals surface area contributed by atoms with Crippen LogP contribution in [-0.2, 0) is 4.79 Å². The van der Waals surface area contributed by atoms with Crippen molar-refractivity contribution < 1.29 is 4.79 Å². The number of carbonyl (C=O) groups is 1. The third-order valence-corrected chi connectivity index (χ3v) is 3.18. The second-order valence-electron chi connectivity index (χ2n) is 3.72. The van der Waals surface area contributed by atoms with Crippen LogP contribution in [-0.4, -0.2) is 10.9 Å². The highest BCUT2D eigenvalue weighted by atomic mass is 79.9. The van der Waals surface area contributed by atoms with Crippen LogP contribution in [0.2, 0.25) is 0 Å². The minimum atomic E-state index is -0.103. The first-order valence-electron chi connectivity index (χ1n) is 4.73. The lowest BCUT2D eigenvalue weighted by Crippen LogP contribution is -2.24. The molecule has 1 unspecified atom stereocenters. The van der Waals surface area contributed by atoms with Gasteiger partial charge in [-0.2, -0.15) is 5.26 Å². The van der Waals surface area contributed by atoms with Crippen molar-refractivity contribution in [2.45, 2.75) is 19.3 Å². The zero-order valence-corrected chi connectivity index (χ0v) is 10.1. The van der Waals surface area contributed by atoms with E-state index in [-0.39, 0.29) is 23.2 Å². The normalized spacial score (nSPS) is 18.6. The number of halogens is 1. The van der Waals surface area contributed by atoms with Crippen LogP contribution in [0.15, 0.2) is 4.60 Å². The van der Waals surface area contributed by atoms with Gasteiger partial charge in [-0.3, -0.25) is 4.79 Å². The fraction of sp³-hybridized carbons (Fsp3) is 0.300. The first-order valence-corrected chi connectivity index (χ1v) is 5.52. The number of hydrogen-bond acceptors (Lipinski definition) is 4. The molecule has 1 aromatic rings. The van der Waals surface area contributed by atoms with Gasteiger partial charge in [-0.05, 0) is 21.8 Å². The highest BCUT2D eigenvalue weighted by Crippen LogP contribution is 2.39. The molecule has 0 saturated carbocycles. The summed E-state index contributed by atoms with van der Waals surface area (Å²) in [5, 5.41) is 11.7. The Morgan fingerprint density at radius 3 is 3.00 bits per heavy atom. The van der Waals surface area contributed by atoms with Gasteiger partial charge in [0.1, 0.15) is 22.1 Å². The van der Waals surface area contributed by atoms with Crippen molar-refractivity contribution >= 4 is 33.3 Å². The molecule has 1 atom stereocenters. The van der Waals surface area contributed by atoms with Crippen molar-refractivity contribution in [1.82, 2.24) is 4.98 Å². The van der Waals surface area contributed by atoms with Crippen LogP contribution in [0.5, 0.6) is 0 Å². The molecule has 16 heavy (non-hydrogen) atoms. The molecule has 3 N–H and O–H groups in total. The average molecular weight is 281 g/mol. The second kappa shape index (κ2) is 3.76. The topological polar surface area (TPSA) is 91.8 Å². The maximum absolute atomic E-state index is 11.4. The van der Waals surface area contributed by atoms with Crippen LogP contribution in [0.1, 0.15) is 30.4 Å². The van der Waals surface area contributed by atoms with E-state index in [1.54, 1.807) is 0 Å². The molecular weight excluding hydrogens is 272 g/mol. The van der Waals surface area contributed by atoms with E-state index in [1.807, 2.05) is 13.0 Å². The summed E-state index contributed by atoms with van der Waals surface area (Å²) >= 11 is 3.30. The molecule has 2 heterocycles. The molecule has 0 spiro atoms. The fourth-order valence-corrected chi connectivity index (χ4v) is 2.63. The van der Waals surface area contributed by atoms with E-state index in [0.717, 1.165) is 5.56 Å². The minimum Gasteiger partial charge on any atom is -0.382 e. The summed E-state index contributed by atoms with van der Waals surface area (Å²) in [6.45, 7) is 1.92. The summed E-state index contributed by atoms with van der Waals surface area (Å²) in [5.41, 5.74) is 7.20. The van der Waals surface area contributed by atoms with Crippen molar-refractivity contribution in [1.29, 1.82) is 5.26 Å². The number of nitrogens with two attached hydrogens (primary N) is 1. The summed E-state index contributed by atoms with van der Waals surface area (Å²) in [5.74, 6) is 0.0508. The lowest BCUT2D eigenvalue weighted by molar-refractivity contribution is -0.116. The number of anilines is 2. The predicted molar refractivity (Wildman–Crippen MR) is 62.7 cm³/mol. The molecule has 0 aliphatic carbocycles. The standard InChI is InChI=1S/C10H9BrN4O/c1-4-2-6(16)14-8-5(3-12)10(13)15-9(11)7(4)8/h4H,2H2,1H3,(H2,13,15)(H,14,16). The van der Waals surface area contributed by atoms with Crippen LogP contribution in [0.4, 0.5) is 11.5 Å². The Labute approximate surface area is 101 Å². The van der Waals surface area contributed by atoms with Crippen molar-refractivity contribution in [3.05, 3.63) is 15.7 Å². The van der Waals surface area contributed by atoms with Gasteiger partial charge in [-0.1, -0.05) is 6.92 Å². The van der Waals surface area contributed by atoms with Crippen LogP contribution in [0, 0.1) is 11.3 Å². The maximum Gasteiger partial charge on any atom is 0.225 e. The molecular formula is C10H9BrN4O. The van der Waals surface area contributed by atoms with Crippen molar-refractivity contribution in [3.63, 3.8) is 0 Å². The van der Waals surface area contributed by atoms with Gasteiger partial charge in [0.25, 0.3) is 0 Å². The molecule has 0 aromatic carbocycles. The number of amides is 1. The number of fused-ring (bicyclic) bond motifs is 1. The SMILES string of the molecule is CC1CC(=O)Nc2c(C#N)c(N)nc(Br)c21. The summed E-state index contributed by atoms with van der Waals surface area (Å²) in [4.78, 5) is 15.5. The molecule has 1 aromatic heterocycles. The molecule has 0 bridgehead atoms. The Hall–Kier alpha value is -1.61. The summed E-state index contributed by atoms with van der Waals surface area (Å²) in [7, 11) is 0. The number of aromatic nitrogens is 1. The number of nitriles is 1. The monoisotopic (exact) mass is 280 g/mol. The molecule has 0 radical (unpaired) electrons. The third-order valence-electron chi connectivity index (χ3n) is 2.58. The van der Waals surface area contributed by atoms with Gasteiger partial charge in [0.15, 0.2) is 0 Å². The van der Waals surface area contributed by atoms with Crippen LogP contribution in [0.25, 0.3) is 0 Å². The maximum atomic E-state index is 11.4. The number of nitrogens with one attached hydrogen (secondary N) is 1. The largest absolute Gasteiger partial charge is 0.382 e. The smallest absolute Gasteiger partial charge is 0.225 e. The Morgan fingerprint density at radius 1 is 1.69 bits per heavy atom. The molecule has 5 nitrogen and oxygen atoms in total. The summed E-state index contributed by atoms with van der Waals surface area (Å²) in [6, 6.07) is 1.97. The highest BCUT2D eigenvalue weighted by Gasteiger charge is 2.28. The first-order chi connectivity index (χ1) is 7.54. The Balaban J connectivity index is 2.75. The third kappa shape index (κ3) is 1.53. The van der Waals surface area contributed by atoms with Gasteiger partial charge >= 0.3 is 0 Å². The van der Waals surface area contributed by atoms with E-state index in [9.17, 15) is 4.79 Å². The van der Waals surface area contributed by atoms with Gasteiger partial charge in [-0.25, -0.2) is 4.98 Å². The van der Waals surface area contributed by atoms with E-state index >= 15 is 0 Å². The molecule has 1 aliphatic heterocycles. The van der Waals surface area contributed by atoms with Gasteiger partial charge in [0.2, 0.25) is 5.91 Å². The lowest BCUT2D eigenvalue weighted by atomic mass is 9.92. The van der Waals surface area contributed by atoms with E-state index < -0.39 is 0 Å². The molecule has 0 fully saturated rings. The van der Waals surface area contributed by atoms with Gasteiger partial charge in [0, 0.05) is 12.0 Å². The number of carbonyl (C=O) groups excluding carboxylic acids is 1. The van der Waals surface area contributed by atoms with Crippen molar-refractivity contribution in [3.8, 4) is 6.07 Å². The zero-order valence-electron chi connectivity index (χ0n) is 8.54. The molecule has 1 aliphatic rings. The highest BCUT2D eigenvalue weighted by molar-refractivity contribution is 9.10. The van der Waals surface area contributed by atoms with Crippen molar-refractivity contribution in [2.75, 3.05) is 11.1 Å². The van der Waals surface area contributed by atoms with E-state index in [4.69, 9.17) is 11.0 Å². The lowest BCUT2D eigenvalue weighted by Gasteiger charge is -2.24. The molecule has 2 rings (SSSR count). The van der Waals surface area contributed by atoms with Gasteiger partial charge in [0.05, 0.1) is 5.69 Å². The van der Waals surface area contributed by atoms with Crippen molar-refractivity contribution in [2.24, 2.45) is 0 Å². The summed E-state index contributed by atoms with van der Waals surface area (Å²) in [6.07, 6.45) is 0.391. The number of nitrogen functional groups attached to an aromatic ring is 1. The van der Waals surface area contributed by atoms with Crippen LogP contribution < -0.4 is 11.1 Å². The van der Waals surface area contributed by atoms with Gasteiger partial charge < -0.3 is 11.1 Å². The van der Waals surface area contributed by atoms with Crippen LogP contribution >= 0.6 is 15.9 Å². The molecule has 6 heteroatoms. The zero-order chi connectivity index (χ0) is 11.9. The molecule has 82 valence electrons. The van der Waals surface area contributed by atoms with E-state index in [1.165, 1.54) is 0 Å². The number of hydrogen-bond donors (Lipinski definition) is 2. The first kappa shape index (κ1) is 10.9. The van der Waals surface area contributed by atoms with Crippen LogP contribution in [0.3, 0.4) is 0 Å². The minimum absolute atomic E-state index is 0.0262. The predicted octanol–water partition coefficient (Wildman–Crippen LogP) is 1.74. The molecule has 0 saturated heterocycles. The Morgan fingerprint density at radius 2 is 2.38 bits per heavy atom. The number of nitrogens with zero attached hydrogens (tertiary/aromatic N) is 2. The van der Waals surface area contributed by atoms with E-state index in [2.05, 4.69) is 26.2 Å². The van der Waals surface area contributed by atoms with Gasteiger partial charge in [-0.15, -0.1) is 0 Å². The quantitative estimate of drug-likeness (QED) is 0.708. The average Bonchev–Trinajstić information content (AvgIpc) is 2.15. The second-order valence-corrected chi connectivity index (χ2v) is 4.47. The summed E-state index contributed by atoms with van der Waals surface area (Å²) < 4.78 is 0.589. The number of rotatable bonds is 0. The number of pyridine rings is 1. The Kier molecular flexibility index (Phi) is 2.56. The van der Waals surface area contributed by atoms with E-state index in [0.29, 0.717) is 16.7 Å². The molecule has 1 amide bonds. The Bertz CT molecular complexity index is 521.